The summed E-state index contributed by atoms with van der Waals surface area (Å²) in [7, 11) is 0. The van der Waals surface area contributed by atoms with Gasteiger partial charge in [-0.15, -0.1) is 0 Å². The predicted octanol–water partition coefficient (Wildman–Crippen LogP) is 3.93. The molecule has 184 valence electrons. The second kappa shape index (κ2) is 7.96. The number of aryl methyl sites for hydroxylation is 1. The maximum atomic E-state index is 13.3. The first-order chi connectivity index (χ1) is 16.5. The molecule has 0 radical (unpaired) electrons. The molecule has 2 amide bonds. The van der Waals surface area contributed by atoms with Gasteiger partial charge < -0.3 is 16.0 Å². The van der Waals surface area contributed by atoms with Gasteiger partial charge in [-0.2, -0.15) is 18.3 Å². The van der Waals surface area contributed by atoms with E-state index >= 15 is 0 Å². The lowest BCUT2D eigenvalue weighted by Gasteiger charge is -2.30. The molecule has 0 bridgehead atoms. The number of carbonyl (C=O) groups is 1. The molecular weight excluding hydrogens is 459 g/mol. The summed E-state index contributed by atoms with van der Waals surface area (Å²) in [4.78, 5) is 23.0. The largest absolute Gasteiger partial charge is 0.419 e. The fourth-order valence-electron chi connectivity index (χ4n) is 5.05. The number of amides is 2. The van der Waals surface area contributed by atoms with E-state index < -0.39 is 23.1 Å². The highest BCUT2D eigenvalue weighted by Gasteiger charge is 2.47. The monoisotopic (exact) mass is 485 g/mol. The highest BCUT2D eigenvalue weighted by molar-refractivity contribution is 5.76. The molecule has 3 aromatic rings. The van der Waals surface area contributed by atoms with E-state index in [1.807, 2.05) is 42.8 Å². The first-order valence-electron chi connectivity index (χ1n) is 11.4. The molecule has 5 rings (SSSR count). The summed E-state index contributed by atoms with van der Waals surface area (Å²) in [5, 5.41) is 7.62. The molecule has 0 saturated carbocycles. The number of halogens is 3. The molecule has 1 saturated heterocycles. The third-order valence-electron chi connectivity index (χ3n) is 7.01. The van der Waals surface area contributed by atoms with Crippen LogP contribution in [0, 0.1) is 0 Å². The van der Waals surface area contributed by atoms with Crippen molar-refractivity contribution in [2.75, 3.05) is 18.8 Å². The molecule has 0 aliphatic carbocycles. The number of nitrogens with two attached hydrogens (primary N) is 1. The molecule has 3 aromatic heterocycles. The normalized spacial score (nSPS) is 19.9. The number of anilines is 1. The fraction of sp³-hybridized carbons (Fsp3) is 0.417. The Hall–Kier alpha value is -3.63. The average molecular weight is 486 g/mol. The van der Waals surface area contributed by atoms with Crippen molar-refractivity contribution < 1.29 is 18.0 Å². The van der Waals surface area contributed by atoms with Gasteiger partial charge in [0.1, 0.15) is 5.82 Å². The third kappa shape index (κ3) is 4.08. The maximum Gasteiger partial charge on any atom is 0.419 e. The van der Waals surface area contributed by atoms with Crippen LogP contribution >= 0.6 is 0 Å². The van der Waals surface area contributed by atoms with Crippen molar-refractivity contribution in [1.82, 2.24) is 30.0 Å². The summed E-state index contributed by atoms with van der Waals surface area (Å²) in [6.45, 7) is 5.54. The van der Waals surface area contributed by atoms with Gasteiger partial charge in [-0.3, -0.25) is 9.67 Å². The summed E-state index contributed by atoms with van der Waals surface area (Å²) in [5.41, 5.74) is 5.90. The average Bonchev–Trinajstić information content (AvgIpc) is 3.51. The van der Waals surface area contributed by atoms with E-state index in [1.54, 1.807) is 11.1 Å². The molecule has 8 nitrogen and oxygen atoms in total. The number of nitrogens with one attached hydrogen (secondary N) is 1. The molecule has 1 fully saturated rings. The number of aromatic nitrogens is 4. The van der Waals surface area contributed by atoms with Crippen molar-refractivity contribution in [2.24, 2.45) is 0 Å². The Labute approximate surface area is 200 Å². The van der Waals surface area contributed by atoms with Crippen molar-refractivity contribution >= 4 is 11.8 Å². The van der Waals surface area contributed by atoms with Crippen molar-refractivity contribution in [3.63, 3.8) is 0 Å². The van der Waals surface area contributed by atoms with Gasteiger partial charge in [-0.1, -0.05) is 6.07 Å². The topological polar surface area (TPSA) is 102 Å². The first kappa shape index (κ1) is 23.1. The van der Waals surface area contributed by atoms with Gasteiger partial charge in [0.05, 0.1) is 22.5 Å². The summed E-state index contributed by atoms with van der Waals surface area (Å²) < 4.78 is 41.7. The second-order valence-corrected chi connectivity index (χ2v) is 9.76. The molecule has 3 N–H and O–H groups in total. The van der Waals surface area contributed by atoms with Crippen LogP contribution < -0.4 is 11.1 Å². The van der Waals surface area contributed by atoms with Gasteiger partial charge in [-0.25, -0.2) is 9.78 Å². The Balaban J connectivity index is 1.36. The highest BCUT2D eigenvalue weighted by Crippen LogP contribution is 2.44. The van der Waals surface area contributed by atoms with Gasteiger partial charge in [0, 0.05) is 48.7 Å². The lowest BCUT2D eigenvalue weighted by Crippen LogP contribution is -2.48. The molecule has 0 aromatic carbocycles. The molecule has 2 aliphatic rings. The summed E-state index contributed by atoms with van der Waals surface area (Å²) in [6.07, 6.45) is -0.0255. The zero-order valence-corrected chi connectivity index (χ0v) is 19.4. The van der Waals surface area contributed by atoms with Gasteiger partial charge >= 0.3 is 12.2 Å². The van der Waals surface area contributed by atoms with E-state index in [2.05, 4.69) is 20.4 Å². The number of alkyl halides is 3. The Morgan fingerprint density at radius 2 is 1.91 bits per heavy atom. The van der Waals surface area contributed by atoms with E-state index in [4.69, 9.17) is 5.73 Å². The van der Waals surface area contributed by atoms with Crippen LogP contribution in [0.15, 0.2) is 42.7 Å². The van der Waals surface area contributed by atoms with Crippen LogP contribution in [0.5, 0.6) is 0 Å². The minimum Gasteiger partial charge on any atom is -0.383 e. The molecule has 35 heavy (non-hydrogen) atoms. The van der Waals surface area contributed by atoms with E-state index in [9.17, 15) is 18.0 Å². The van der Waals surface area contributed by atoms with Crippen molar-refractivity contribution in [3.05, 3.63) is 59.7 Å². The zero-order valence-electron chi connectivity index (χ0n) is 19.4. The molecule has 1 atom stereocenters. The molecule has 11 heteroatoms. The quantitative estimate of drug-likeness (QED) is 0.585. The molecule has 2 aliphatic heterocycles. The standard InChI is InChI=1S/C24H26F3N7O/c1-22(2,18-5-3-4-8-29-18)31-21(35)33-9-6-23(14-33)7-10-34-19(23)12-17(32-34)15-11-16(24(25,26)27)20(28)30-13-15/h3-5,8,11-13H,6-7,9-10,14H2,1-2H3,(H2,28,30)(H,31,35)/t23-/m1/s1. The van der Waals surface area contributed by atoms with Crippen LogP contribution in [0.2, 0.25) is 0 Å². The molecule has 5 heterocycles. The van der Waals surface area contributed by atoms with Crippen LogP contribution in [0.4, 0.5) is 23.8 Å². The number of rotatable bonds is 3. The number of hydrogen-bond acceptors (Lipinski definition) is 5. The van der Waals surface area contributed by atoms with E-state index in [-0.39, 0.29) is 17.0 Å². The number of likely N-dealkylation sites (tertiary alicyclic amines) is 1. The van der Waals surface area contributed by atoms with Gasteiger partial charge in [-0.05, 0) is 51.0 Å². The number of pyridine rings is 2. The smallest absolute Gasteiger partial charge is 0.383 e. The Bertz CT molecular complexity index is 1270. The van der Waals surface area contributed by atoms with Crippen LogP contribution in [-0.4, -0.2) is 43.8 Å². The number of hydrogen-bond donors (Lipinski definition) is 2. The van der Waals surface area contributed by atoms with Crippen LogP contribution in [0.1, 0.15) is 43.6 Å². The molecule has 0 unspecified atom stereocenters. The van der Waals surface area contributed by atoms with Crippen molar-refractivity contribution in [2.45, 2.75) is 50.4 Å². The Morgan fingerprint density at radius 3 is 2.63 bits per heavy atom. The van der Waals surface area contributed by atoms with Crippen LogP contribution in [0.3, 0.4) is 0 Å². The number of nitrogens with zero attached hydrogens (tertiary/aromatic N) is 5. The Kier molecular flexibility index (Phi) is 5.26. The maximum absolute atomic E-state index is 13.3. The fourth-order valence-corrected chi connectivity index (χ4v) is 5.05. The van der Waals surface area contributed by atoms with Gasteiger partial charge in [0.2, 0.25) is 0 Å². The predicted molar refractivity (Wildman–Crippen MR) is 123 cm³/mol. The highest BCUT2D eigenvalue weighted by atomic mass is 19.4. The summed E-state index contributed by atoms with van der Waals surface area (Å²) >= 11 is 0. The van der Waals surface area contributed by atoms with Crippen LogP contribution in [0.25, 0.3) is 11.3 Å². The Morgan fingerprint density at radius 1 is 1.14 bits per heavy atom. The van der Waals surface area contributed by atoms with E-state index in [0.717, 1.165) is 30.3 Å². The van der Waals surface area contributed by atoms with Crippen molar-refractivity contribution in [3.8, 4) is 11.3 Å². The number of fused-ring (bicyclic) bond motifs is 2. The van der Waals surface area contributed by atoms with Crippen LogP contribution in [-0.2, 0) is 23.7 Å². The minimum atomic E-state index is -4.60. The van der Waals surface area contributed by atoms with Crippen molar-refractivity contribution in [1.29, 1.82) is 0 Å². The third-order valence-corrected chi connectivity index (χ3v) is 7.01. The van der Waals surface area contributed by atoms with E-state index in [0.29, 0.717) is 25.3 Å². The number of nitrogen functional groups attached to an aromatic ring is 1. The number of urea groups is 1. The zero-order chi connectivity index (χ0) is 25.0. The minimum absolute atomic E-state index is 0.173. The second-order valence-electron chi connectivity index (χ2n) is 9.76. The lowest BCUT2D eigenvalue weighted by atomic mass is 9.82. The van der Waals surface area contributed by atoms with Gasteiger partial charge in [0.25, 0.3) is 0 Å². The summed E-state index contributed by atoms with van der Waals surface area (Å²) in [6, 6.07) is 8.22. The first-order valence-corrected chi connectivity index (χ1v) is 11.4. The van der Waals surface area contributed by atoms with Gasteiger partial charge in [0.15, 0.2) is 0 Å². The number of carbonyl (C=O) groups excluding carboxylic acids is 1. The summed E-state index contributed by atoms with van der Waals surface area (Å²) in [5.74, 6) is -0.560. The molecular formula is C24H26F3N7O. The van der Waals surface area contributed by atoms with E-state index in [1.165, 1.54) is 6.20 Å². The molecule has 1 spiro atoms. The SMILES string of the molecule is CC(C)(NC(=O)N1CC[C@@]2(CCn3nc(-c4cnc(N)c(C(F)(F)F)c4)cc32)C1)c1ccccn1. The lowest BCUT2D eigenvalue weighted by molar-refractivity contribution is -0.137.